The maximum absolute atomic E-state index is 12.3. The second-order valence-electron chi connectivity index (χ2n) is 6.81. The van der Waals surface area contributed by atoms with Crippen LogP contribution in [0.15, 0.2) is 94.0 Å². The molecule has 1 N–H and O–H groups in total. The first-order chi connectivity index (χ1) is 15.2. The minimum atomic E-state index is -0.166. The quantitative estimate of drug-likeness (QED) is 0.234. The van der Waals surface area contributed by atoms with Crippen LogP contribution in [-0.2, 0) is 11.3 Å². The first kappa shape index (κ1) is 21.2. The number of amides is 1. The average Bonchev–Trinajstić information content (AvgIpc) is 3.16. The summed E-state index contributed by atoms with van der Waals surface area (Å²) in [7, 11) is 0. The van der Waals surface area contributed by atoms with Gasteiger partial charge in [0.25, 0.3) is 5.91 Å². The van der Waals surface area contributed by atoms with Crippen molar-refractivity contribution in [3.05, 3.63) is 90.0 Å². The number of carbonyl (C=O) groups excluding carboxylic acids is 1. The van der Waals surface area contributed by atoms with E-state index in [9.17, 15) is 4.79 Å². The van der Waals surface area contributed by atoms with Gasteiger partial charge in [-0.15, -0.1) is 11.8 Å². The highest BCUT2D eigenvalue weighted by Crippen LogP contribution is 2.25. The van der Waals surface area contributed by atoms with Gasteiger partial charge < -0.3 is 4.57 Å². The summed E-state index contributed by atoms with van der Waals surface area (Å²) in [6, 6.07) is 26.3. The summed E-state index contributed by atoms with van der Waals surface area (Å²) < 4.78 is 2.15. The number of fused-ring (bicyclic) bond motifs is 1. The Hall–Kier alpha value is -3.03. The zero-order valence-electron chi connectivity index (χ0n) is 17.1. The molecule has 0 aliphatic rings. The minimum Gasteiger partial charge on any atom is -0.314 e. The first-order valence-corrected chi connectivity index (χ1v) is 12.0. The summed E-state index contributed by atoms with van der Waals surface area (Å²) in [6.45, 7) is 0.704. The highest BCUT2D eigenvalue weighted by molar-refractivity contribution is 7.99. The van der Waals surface area contributed by atoms with E-state index in [2.05, 4.69) is 33.3 Å². The monoisotopic (exact) mass is 446 g/mol. The number of hydrogen-bond donors (Lipinski definition) is 1. The molecule has 0 spiro atoms. The molecule has 31 heavy (non-hydrogen) atoms. The molecule has 0 radical (unpaired) electrons. The zero-order valence-corrected chi connectivity index (χ0v) is 18.7. The number of rotatable bonds is 8. The number of thioether (sulfide) groups is 2. The Bertz CT molecular complexity index is 1190. The summed E-state index contributed by atoms with van der Waals surface area (Å²) in [5.74, 6) is 0.0706. The van der Waals surface area contributed by atoms with Crippen molar-refractivity contribution in [3.63, 3.8) is 0 Å². The number of hydrogen-bond acceptors (Lipinski definition) is 5. The van der Waals surface area contributed by atoms with E-state index in [0.717, 1.165) is 21.8 Å². The zero-order chi connectivity index (χ0) is 21.5. The van der Waals surface area contributed by atoms with Crippen LogP contribution in [0.1, 0.15) is 11.1 Å². The molecule has 1 heterocycles. The van der Waals surface area contributed by atoms with Gasteiger partial charge in [0.2, 0.25) is 0 Å². The maximum Gasteiger partial charge on any atom is 0.250 e. The Kier molecular flexibility index (Phi) is 7.07. The number of hydrazone groups is 1. The fourth-order valence-corrected chi connectivity index (χ4v) is 4.33. The van der Waals surface area contributed by atoms with Crippen molar-refractivity contribution in [1.29, 1.82) is 0 Å². The molecule has 3 aromatic carbocycles. The van der Waals surface area contributed by atoms with Crippen molar-refractivity contribution in [3.8, 4) is 0 Å². The molecule has 0 fully saturated rings. The molecule has 156 valence electrons. The van der Waals surface area contributed by atoms with E-state index >= 15 is 0 Å². The van der Waals surface area contributed by atoms with Crippen molar-refractivity contribution >= 4 is 46.7 Å². The third-order valence-electron chi connectivity index (χ3n) is 4.65. The standard InChI is InChI=1S/C24H22N4OS2/c1-30-20-13-11-18(12-14-20)15-25-27-23(29)17-31-24-26-21-9-5-6-10-22(21)28(24)16-19-7-3-2-4-8-19/h2-15H,16-17H2,1H3,(H,27,29)/b25-15+. The lowest BCUT2D eigenvalue weighted by Crippen LogP contribution is -2.20. The second-order valence-corrected chi connectivity index (χ2v) is 8.63. The fraction of sp³-hybridized carbons (Fsp3) is 0.125. The van der Waals surface area contributed by atoms with E-state index < -0.39 is 0 Å². The van der Waals surface area contributed by atoms with Crippen LogP contribution in [0.2, 0.25) is 0 Å². The Morgan fingerprint density at radius 1 is 1.03 bits per heavy atom. The number of nitrogens with zero attached hydrogens (tertiary/aromatic N) is 3. The fourth-order valence-electron chi connectivity index (χ4n) is 3.11. The van der Waals surface area contributed by atoms with Crippen LogP contribution in [0, 0.1) is 0 Å². The van der Waals surface area contributed by atoms with Crippen LogP contribution in [0.25, 0.3) is 11.0 Å². The molecule has 0 bridgehead atoms. The lowest BCUT2D eigenvalue weighted by atomic mass is 10.2. The van der Waals surface area contributed by atoms with Gasteiger partial charge in [-0.25, -0.2) is 10.4 Å². The summed E-state index contributed by atoms with van der Waals surface area (Å²) in [6.07, 6.45) is 3.69. The van der Waals surface area contributed by atoms with Gasteiger partial charge >= 0.3 is 0 Å². The predicted molar refractivity (Wildman–Crippen MR) is 130 cm³/mol. The summed E-state index contributed by atoms with van der Waals surface area (Å²) >= 11 is 3.10. The lowest BCUT2D eigenvalue weighted by molar-refractivity contribution is -0.118. The molecular weight excluding hydrogens is 424 g/mol. The highest BCUT2D eigenvalue weighted by Gasteiger charge is 2.13. The molecule has 1 aromatic heterocycles. The third kappa shape index (κ3) is 5.57. The van der Waals surface area contributed by atoms with Crippen molar-refractivity contribution in [2.45, 2.75) is 16.6 Å². The average molecular weight is 447 g/mol. The Morgan fingerprint density at radius 2 is 1.77 bits per heavy atom. The summed E-state index contributed by atoms with van der Waals surface area (Å²) in [5, 5.41) is 4.89. The normalized spacial score (nSPS) is 11.3. The lowest BCUT2D eigenvalue weighted by Gasteiger charge is -2.09. The summed E-state index contributed by atoms with van der Waals surface area (Å²) in [5.41, 5.74) is 6.71. The van der Waals surface area contributed by atoms with E-state index in [1.54, 1.807) is 18.0 Å². The van der Waals surface area contributed by atoms with Gasteiger partial charge in [0.1, 0.15) is 0 Å². The van der Waals surface area contributed by atoms with Crippen LogP contribution < -0.4 is 5.43 Å². The van der Waals surface area contributed by atoms with Crippen molar-refractivity contribution in [2.24, 2.45) is 5.10 Å². The molecule has 0 saturated heterocycles. The molecular formula is C24H22N4OS2. The van der Waals surface area contributed by atoms with E-state index in [4.69, 9.17) is 4.98 Å². The van der Waals surface area contributed by atoms with Crippen molar-refractivity contribution in [1.82, 2.24) is 15.0 Å². The van der Waals surface area contributed by atoms with Crippen LogP contribution in [0.3, 0.4) is 0 Å². The Morgan fingerprint density at radius 3 is 2.55 bits per heavy atom. The molecule has 0 unspecified atom stereocenters. The maximum atomic E-state index is 12.3. The Balaban J connectivity index is 1.41. The van der Waals surface area contributed by atoms with Gasteiger partial charge in [-0.05, 0) is 41.6 Å². The SMILES string of the molecule is CSc1ccc(/C=N/NC(=O)CSc2nc3ccccc3n2Cc2ccccc2)cc1. The molecule has 4 aromatic rings. The number of benzene rings is 3. The largest absolute Gasteiger partial charge is 0.314 e. The van der Waals surface area contributed by atoms with E-state index in [0.29, 0.717) is 6.54 Å². The number of aromatic nitrogens is 2. The number of para-hydroxylation sites is 2. The third-order valence-corrected chi connectivity index (χ3v) is 6.37. The molecule has 1 amide bonds. The van der Waals surface area contributed by atoms with Crippen LogP contribution in [0.4, 0.5) is 0 Å². The smallest absolute Gasteiger partial charge is 0.250 e. The van der Waals surface area contributed by atoms with Crippen molar-refractivity contribution < 1.29 is 4.79 Å². The molecule has 0 atom stereocenters. The number of carbonyl (C=O) groups is 1. The molecule has 0 saturated carbocycles. The van der Waals surface area contributed by atoms with E-state index in [-0.39, 0.29) is 11.7 Å². The molecule has 4 rings (SSSR count). The van der Waals surface area contributed by atoms with Gasteiger partial charge in [-0.3, -0.25) is 4.79 Å². The number of imidazole rings is 1. The molecule has 7 heteroatoms. The number of nitrogens with one attached hydrogen (secondary N) is 1. The highest BCUT2D eigenvalue weighted by atomic mass is 32.2. The van der Waals surface area contributed by atoms with Gasteiger partial charge in [-0.1, -0.05) is 66.4 Å². The first-order valence-electron chi connectivity index (χ1n) is 9.81. The molecule has 0 aliphatic carbocycles. The Labute approximate surface area is 190 Å². The van der Waals surface area contributed by atoms with Crippen LogP contribution >= 0.6 is 23.5 Å². The topological polar surface area (TPSA) is 59.3 Å². The van der Waals surface area contributed by atoms with Crippen LogP contribution in [0.5, 0.6) is 0 Å². The molecule has 5 nitrogen and oxygen atoms in total. The van der Waals surface area contributed by atoms with E-state index in [1.807, 2.05) is 66.9 Å². The summed E-state index contributed by atoms with van der Waals surface area (Å²) in [4.78, 5) is 18.2. The van der Waals surface area contributed by atoms with Gasteiger partial charge in [-0.2, -0.15) is 5.10 Å². The minimum absolute atomic E-state index is 0.166. The van der Waals surface area contributed by atoms with Crippen molar-refractivity contribution in [2.75, 3.05) is 12.0 Å². The van der Waals surface area contributed by atoms with Gasteiger partial charge in [0.05, 0.1) is 29.5 Å². The second kappa shape index (κ2) is 10.3. The van der Waals surface area contributed by atoms with Gasteiger partial charge in [0, 0.05) is 4.90 Å². The predicted octanol–water partition coefficient (Wildman–Crippen LogP) is 5.05. The van der Waals surface area contributed by atoms with Gasteiger partial charge in [0.15, 0.2) is 5.16 Å². The van der Waals surface area contributed by atoms with E-state index in [1.165, 1.54) is 22.2 Å². The molecule has 0 aliphatic heterocycles. The van der Waals surface area contributed by atoms with Crippen LogP contribution in [-0.4, -0.2) is 33.7 Å².